The van der Waals surface area contributed by atoms with Crippen LogP contribution in [0.15, 0.2) is 48.6 Å². The van der Waals surface area contributed by atoms with Crippen molar-refractivity contribution >= 4 is 23.6 Å². The van der Waals surface area contributed by atoms with Crippen LogP contribution < -0.4 is 11.1 Å². The van der Waals surface area contributed by atoms with Gasteiger partial charge in [0.05, 0.1) is 18.3 Å². The lowest BCUT2D eigenvalue weighted by Gasteiger charge is -2.24. The minimum atomic E-state index is -1.89. The summed E-state index contributed by atoms with van der Waals surface area (Å²) in [7, 11) is 0. The number of hydrogen-bond acceptors (Lipinski definition) is 9. The SMILES string of the molecule is C[C@H](CCC/C=C/C=C/CCCC(=O)/C=C/C=C/CCCCCN(O)C(=N)N)[C@H](O)C[C@H](O)C[C@H](O)[C@@H](O)C(=O)NCC(=O)O. The maximum absolute atomic E-state index is 11.9. The normalized spacial score (nSPS) is 15.4. The predicted molar refractivity (Wildman–Crippen MR) is 171 cm³/mol. The van der Waals surface area contributed by atoms with E-state index in [0.29, 0.717) is 19.4 Å². The summed E-state index contributed by atoms with van der Waals surface area (Å²) in [6.07, 6.45) is 17.1. The highest BCUT2D eigenvalue weighted by Gasteiger charge is 2.28. The van der Waals surface area contributed by atoms with Crippen molar-refractivity contribution < 1.29 is 45.1 Å². The summed E-state index contributed by atoms with van der Waals surface area (Å²) in [6, 6.07) is 0. The van der Waals surface area contributed by atoms with E-state index in [1.54, 1.807) is 12.2 Å². The van der Waals surface area contributed by atoms with Gasteiger partial charge in [-0.1, -0.05) is 55.9 Å². The molecule has 0 aliphatic carbocycles. The Hall–Kier alpha value is -3.36. The number of aliphatic hydroxyl groups excluding tert-OH is 4. The molecule has 0 fully saturated rings. The zero-order valence-corrected chi connectivity index (χ0v) is 26.3. The molecule has 0 aliphatic heterocycles. The molecule has 13 nitrogen and oxygen atoms in total. The highest BCUT2D eigenvalue weighted by Crippen LogP contribution is 2.19. The molecular formula is C32H54N4O9. The van der Waals surface area contributed by atoms with Crippen molar-refractivity contribution in [3.8, 4) is 0 Å². The van der Waals surface area contributed by atoms with Gasteiger partial charge in [-0.05, 0) is 69.8 Å². The summed E-state index contributed by atoms with van der Waals surface area (Å²) >= 11 is 0. The first-order chi connectivity index (χ1) is 21.3. The molecule has 0 aromatic heterocycles. The van der Waals surface area contributed by atoms with Crippen LogP contribution in [0.1, 0.15) is 84.0 Å². The van der Waals surface area contributed by atoms with Gasteiger partial charge in [0.1, 0.15) is 6.54 Å². The Bertz CT molecular complexity index is 984. The van der Waals surface area contributed by atoms with Gasteiger partial charge >= 0.3 is 5.97 Å². The number of hydrogen-bond donors (Lipinski definition) is 9. The average molecular weight is 639 g/mol. The first-order valence-corrected chi connectivity index (χ1v) is 15.5. The number of nitrogens with one attached hydrogen (secondary N) is 2. The number of guanidine groups is 1. The van der Waals surface area contributed by atoms with Crippen molar-refractivity contribution in [2.45, 2.75) is 108 Å². The van der Waals surface area contributed by atoms with Crippen molar-refractivity contribution in [2.75, 3.05) is 13.1 Å². The van der Waals surface area contributed by atoms with E-state index in [0.717, 1.165) is 56.4 Å². The third-order valence-electron chi connectivity index (χ3n) is 6.99. The van der Waals surface area contributed by atoms with Gasteiger partial charge in [0.25, 0.3) is 5.91 Å². The van der Waals surface area contributed by atoms with E-state index in [2.05, 4.69) is 0 Å². The Kier molecular flexibility index (Phi) is 24.0. The van der Waals surface area contributed by atoms with E-state index in [1.807, 2.05) is 48.7 Å². The van der Waals surface area contributed by atoms with E-state index in [4.69, 9.17) is 16.2 Å². The molecule has 13 heteroatoms. The minimum absolute atomic E-state index is 0.0358. The number of ketones is 1. The second-order valence-electron chi connectivity index (χ2n) is 11.1. The Labute approximate surface area is 266 Å². The van der Waals surface area contributed by atoms with Crippen molar-refractivity contribution in [1.82, 2.24) is 10.4 Å². The number of carbonyl (C=O) groups is 3. The van der Waals surface area contributed by atoms with Gasteiger partial charge in [0, 0.05) is 19.4 Å². The summed E-state index contributed by atoms with van der Waals surface area (Å²) in [5.41, 5.74) is 5.15. The number of carboxylic acids is 1. The first kappa shape index (κ1) is 41.6. The summed E-state index contributed by atoms with van der Waals surface area (Å²) < 4.78 is 0. The van der Waals surface area contributed by atoms with Crippen LogP contribution in [-0.2, 0) is 14.4 Å². The summed E-state index contributed by atoms with van der Waals surface area (Å²) in [5, 5.41) is 67.8. The van der Waals surface area contributed by atoms with E-state index in [1.165, 1.54) is 0 Å². The molecule has 0 aliphatic rings. The third-order valence-corrected chi connectivity index (χ3v) is 6.99. The molecule has 0 spiro atoms. The molecule has 0 heterocycles. The van der Waals surface area contributed by atoms with Gasteiger partial charge < -0.3 is 36.6 Å². The van der Waals surface area contributed by atoms with Gasteiger partial charge in [-0.2, -0.15) is 0 Å². The fraction of sp³-hybridized carbons (Fsp3) is 0.625. The molecule has 0 aromatic carbocycles. The molecule has 5 atom stereocenters. The number of aliphatic hydroxyl groups is 4. The molecule has 0 aromatic rings. The number of rotatable bonds is 26. The average Bonchev–Trinajstić information content (AvgIpc) is 2.98. The Balaban J connectivity index is 3.97. The maximum Gasteiger partial charge on any atom is 0.322 e. The van der Waals surface area contributed by atoms with Gasteiger partial charge in [-0.25, -0.2) is 5.06 Å². The molecule has 0 unspecified atom stereocenters. The molecule has 0 rings (SSSR count). The topological polar surface area (TPSA) is 238 Å². The summed E-state index contributed by atoms with van der Waals surface area (Å²) in [6.45, 7) is 1.50. The fourth-order valence-electron chi connectivity index (χ4n) is 4.19. The number of carboxylic acid groups (broad SMARTS) is 1. The maximum atomic E-state index is 11.9. The summed E-state index contributed by atoms with van der Waals surface area (Å²) in [5.74, 6) is -2.74. The number of unbranched alkanes of at least 4 members (excludes halogenated alkanes) is 5. The second kappa shape index (κ2) is 25.9. The zero-order chi connectivity index (χ0) is 34.0. The van der Waals surface area contributed by atoms with Crippen LogP contribution >= 0.6 is 0 Å². The van der Waals surface area contributed by atoms with Crippen molar-refractivity contribution in [3.63, 3.8) is 0 Å². The predicted octanol–water partition coefficient (Wildman–Crippen LogP) is 2.33. The summed E-state index contributed by atoms with van der Waals surface area (Å²) in [4.78, 5) is 34.1. The van der Waals surface area contributed by atoms with Gasteiger partial charge in [0.2, 0.25) is 5.96 Å². The molecule has 0 bridgehead atoms. The van der Waals surface area contributed by atoms with E-state index < -0.39 is 42.8 Å². The molecule has 0 saturated carbocycles. The third kappa shape index (κ3) is 23.7. The van der Waals surface area contributed by atoms with Crippen LogP contribution in [-0.4, -0.2) is 96.9 Å². The smallest absolute Gasteiger partial charge is 0.322 e. The quantitative estimate of drug-likeness (QED) is 0.0166. The van der Waals surface area contributed by atoms with Crippen LogP contribution in [0.3, 0.4) is 0 Å². The first-order valence-electron chi connectivity index (χ1n) is 15.5. The molecule has 0 saturated heterocycles. The van der Waals surface area contributed by atoms with Crippen LogP contribution in [0.4, 0.5) is 0 Å². The lowest BCUT2D eigenvalue weighted by atomic mass is 9.92. The van der Waals surface area contributed by atoms with E-state index >= 15 is 0 Å². The standard InChI is InChI=1S/C32H54N4O9/c1-24(27(39)21-26(38)22-28(40)30(43)31(44)35-23-29(41)42)17-13-9-5-2-3-6-10-14-18-25(37)19-15-11-7-4-8-12-16-20-36(45)32(33)34/h2-3,5-7,11,15,19,24,26-28,30,38-40,43,45H,4,8-10,12-14,16-18,20-23H2,1H3,(H3,33,34)(H,35,44)(H,41,42)/b5-2+,6-3+,11-7+,19-15+/t24-,26+,27-,28+,30-/m1/s1. The molecular weight excluding hydrogens is 584 g/mol. The highest BCUT2D eigenvalue weighted by atomic mass is 16.5. The van der Waals surface area contributed by atoms with Crippen molar-refractivity contribution in [3.05, 3.63) is 48.6 Å². The second-order valence-corrected chi connectivity index (χ2v) is 11.1. The van der Waals surface area contributed by atoms with Gasteiger partial charge in [-0.3, -0.25) is 25.0 Å². The highest BCUT2D eigenvalue weighted by molar-refractivity contribution is 5.89. The number of nitrogens with zero attached hydrogens (tertiary/aromatic N) is 1. The lowest BCUT2D eigenvalue weighted by molar-refractivity contribution is -0.142. The monoisotopic (exact) mass is 638 g/mol. The fourth-order valence-corrected chi connectivity index (χ4v) is 4.19. The Morgan fingerprint density at radius 3 is 2.04 bits per heavy atom. The molecule has 10 N–H and O–H groups in total. The van der Waals surface area contributed by atoms with Crippen LogP contribution in [0.2, 0.25) is 0 Å². The molecule has 0 radical (unpaired) electrons. The van der Waals surface area contributed by atoms with Gasteiger partial charge in [0.15, 0.2) is 11.9 Å². The number of aliphatic carboxylic acids is 1. The molecule has 256 valence electrons. The number of nitrogens with two attached hydrogens (primary N) is 1. The van der Waals surface area contributed by atoms with Crippen molar-refractivity contribution in [2.24, 2.45) is 11.7 Å². The number of hydroxylamine groups is 2. The van der Waals surface area contributed by atoms with E-state index in [-0.39, 0.29) is 30.5 Å². The Morgan fingerprint density at radius 1 is 0.844 bits per heavy atom. The van der Waals surface area contributed by atoms with Crippen LogP contribution in [0.5, 0.6) is 0 Å². The lowest BCUT2D eigenvalue weighted by Crippen LogP contribution is -2.45. The minimum Gasteiger partial charge on any atom is -0.480 e. The number of carbonyl (C=O) groups excluding carboxylic acids is 2. The zero-order valence-electron chi connectivity index (χ0n) is 26.3. The number of amides is 1. The van der Waals surface area contributed by atoms with Crippen LogP contribution in [0.25, 0.3) is 0 Å². The van der Waals surface area contributed by atoms with Gasteiger partial charge in [-0.15, -0.1) is 0 Å². The largest absolute Gasteiger partial charge is 0.480 e. The molecule has 1 amide bonds. The molecule has 45 heavy (non-hydrogen) atoms. The van der Waals surface area contributed by atoms with Crippen LogP contribution in [0, 0.1) is 11.3 Å². The number of allylic oxidation sites excluding steroid dienone is 8. The van der Waals surface area contributed by atoms with E-state index in [9.17, 15) is 40.0 Å². The van der Waals surface area contributed by atoms with Crippen molar-refractivity contribution in [1.29, 1.82) is 5.41 Å². The Morgan fingerprint density at radius 2 is 1.42 bits per heavy atom.